The minimum absolute atomic E-state index is 0.0977. The number of nitrogens with zero attached hydrogens (tertiary/aromatic N) is 3. The number of carbonyl (C=O) groups excluding carboxylic acids is 1. The number of carbonyl (C=O) groups is 1. The molecule has 7 nitrogen and oxygen atoms in total. The number of aromatic nitrogens is 3. The van der Waals surface area contributed by atoms with Gasteiger partial charge >= 0.3 is 0 Å². The summed E-state index contributed by atoms with van der Waals surface area (Å²) in [5.41, 5.74) is 0.694. The van der Waals surface area contributed by atoms with Crippen LogP contribution in [0, 0.1) is 0 Å². The summed E-state index contributed by atoms with van der Waals surface area (Å²) in [6.07, 6.45) is 3.65. The van der Waals surface area contributed by atoms with E-state index >= 15 is 0 Å². The van der Waals surface area contributed by atoms with Gasteiger partial charge < -0.3 is 9.84 Å². The molecule has 0 saturated carbocycles. The van der Waals surface area contributed by atoms with Crippen LogP contribution in [0.1, 0.15) is 46.4 Å². The van der Waals surface area contributed by atoms with E-state index in [1.807, 2.05) is 44.6 Å². The highest BCUT2D eigenvalue weighted by atomic mass is 16.5. The van der Waals surface area contributed by atoms with Crippen LogP contribution in [0.5, 0.6) is 0 Å². The van der Waals surface area contributed by atoms with Crippen LogP contribution in [-0.4, -0.2) is 33.4 Å². The highest BCUT2D eigenvalue weighted by molar-refractivity contribution is 5.91. The Bertz CT molecular complexity index is 627. The van der Waals surface area contributed by atoms with Gasteiger partial charge in [0.05, 0.1) is 18.3 Å². The lowest BCUT2D eigenvalue weighted by Crippen LogP contribution is -2.39. The zero-order chi connectivity index (χ0) is 17.0. The summed E-state index contributed by atoms with van der Waals surface area (Å²) in [5, 5.41) is 14.1. The molecule has 7 heteroatoms. The van der Waals surface area contributed by atoms with Gasteiger partial charge in [-0.3, -0.25) is 14.8 Å². The molecule has 0 aliphatic rings. The lowest BCUT2D eigenvalue weighted by atomic mass is 9.92. The summed E-state index contributed by atoms with van der Waals surface area (Å²) in [5.74, 6) is 0.204. The Hall–Kier alpha value is -2.15. The molecule has 0 aromatic carbocycles. The topological polar surface area (TPSA) is 85.0 Å². The van der Waals surface area contributed by atoms with E-state index in [0.717, 1.165) is 5.69 Å². The molecule has 2 atom stereocenters. The lowest BCUT2D eigenvalue weighted by Gasteiger charge is -2.21. The zero-order valence-electron chi connectivity index (χ0n) is 14.3. The van der Waals surface area contributed by atoms with E-state index in [1.54, 1.807) is 12.3 Å². The van der Waals surface area contributed by atoms with E-state index in [-0.39, 0.29) is 30.0 Å². The van der Waals surface area contributed by atoms with E-state index in [1.165, 1.54) is 0 Å². The van der Waals surface area contributed by atoms with Crippen molar-refractivity contribution in [3.8, 4) is 0 Å². The van der Waals surface area contributed by atoms with E-state index < -0.39 is 0 Å². The van der Waals surface area contributed by atoms with Crippen molar-refractivity contribution in [1.29, 1.82) is 0 Å². The SMILES string of the molecule is C[C@@H](NCC(=O)Nc1cc(C(C)(C)C)no1)[C@H](C)n1cccn1. The predicted octanol–water partition coefficient (Wildman–Crippen LogP) is 2.35. The van der Waals surface area contributed by atoms with Gasteiger partial charge in [0.2, 0.25) is 11.8 Å². The van der Waals surface area contributed by atoms with Crippen LogP contribution in [0.25, 0.3) is 0 Å². The standard InChI is InChI=1S/C16H25N5O2/c1-11(12(2)21-8-6-7-18-21)17-10-14(22)19-15-9-13(20-23-15)16(3,4)5/h6-9,11-12,17H,10H2,1-5H3,(H,19,22)/t11-,12+/m1/s1. The van der Waals surface area contributed by atoms with Gasteiger partial charge in [0.25, 0.3) is 0 Å². The molecule has 2 aromatic rings. The maximum Gasteiger partial charge on any atom is 0.240 e. The number of anilines is 1. The molecule has 23 heavy (non-hydrogen) atoms. The number of hydrogen-bond donors (Lipinski definition) is 2. The molecule has 2 heterocycles. The van der Waals surface area contributed by atoms with Crippen molar-refractivity contribution in [2.75, 3.05) is 11.9 Å². The Balaban J connectivity index is 1.82. The highest BCUT2D eigenvalue weighted by Crippen LogP contribution is 2.23. The maximum absolute atomic E-state index is 12.0. The fraction of sp³-hybridized carbons (Fsp3) is 0.562. The number of rotatable bonds is 6. The molecule has 0 bridgehead atoms. The highest BCUT2D eigenvalue weighted by Gasteiger charge is 2.20. The summed E-state index contributed by atoms with van der Waals surface area (Å²) in [6, 6.07) is 3.89. The Morgan fingerprint density at radius 3 is 2.70 bits per heavy atom. The maximum atomic E-state index is 12.0. The van der Waals surface area contributed by atoms with Gasteiger partial charge in [0.15, 0.2) is 0 Å². The third kappa shape index (κ3) is 4.66. The van der Waals surface area contributed by atoms with Crippen molar-refractivity contribution >= 4 is 11.8 Å². The largest absolute Gasteiger partial charge is 0.338 e. The molecule has 126 valence electrons. The summed E-state index contributed by atoms with van der Waals surface area (Å²) in [6.45, 7) is 10.4. The van der Waals surface area contributed by atoms with Gasteiger partial charge in [-0.2, -0.15) is 5.10 Å². The Morgan fingerprint density at radius 1 is 1.39 bits per heavy atom. The van der Waals surface area contributed by atoms with Gasteiger partial charge in [0, 0.05) is 29.9 Å². The van der Waals surface area contributed by atoms with Gasteiger partial charge in [-0.1, -0.05) is 25.9 Å². The van der Waals surface area contributed by atoms with Gasteiger partial charge in [-0.15, -0.1) is 0 Å². The number of hydrogen-bond acceptors (Lipinski definition) is 5. The molecule has 0 fully saturated rings. The van der Waals surface area contributed by atoms with Crippen LogP contribution in [-0.2, 0) is 10.2 Å². The quantitative estimate of drug-likeness (QED) is 0.853. The first-order valence-corrected chi connectivity index (χ1v) is 7.77. The van der Waals surface area contributed by atoms with Crippen molar-refractivity contribution in [2.24, 2.45) is 0 Å². The third-order valence-electron chi connectivity index (χ3n) is 3.79. The van der Waals surface area contributed by atoms with E-state index in [4.69, 9.17) is 4.52 Å². The summed E-state index contributed by atoms with van der Waals surface area (Å²) in [7, 11) is 0. The minimum atomic E-state index is -0.166. The molecule has 0 unspecified atom stereocenters. The van der Waals surface area contributed by atoms with Gasteiger partial charge in [-0.05, 0) is 19.9 Å². The van der Waals surface area contributed by atoms with Crippen molar-refractivity contribution in [1.82, 2.24) is 20.3 Å². The van der Waals surface area contributed by atoms with E-state index in [9.17, 15) is 4.79 Å². The minimum Gasteiger partial charge on any atom is -0.338 e. The molecule has 2 aromatic heterocycles. The Labute approximate surface area is 136 Å². The first-order valence-electron chi connectivity index (χ1n) is 7.77. The first-order chi connectivity index (χ1) is 10.8. The smallest absolute Gasteiger partial charge is 0.240 e. The van der Waals surface area contributed by atoms with E-state index in [2.05, 4.69) is 27.8 Å². The number of amides is 1. The Kier molecular flexibility index (Phi) is 5.20. The molecule has 0 aliphatic carbocycles. The fourth-order valence-electron chi connectivity index (χ4n) is 2.04. The second kappa shape index (κ2) is 6.95. The lowest BCUT2D eigenvalue weighted by molar-refractivity contribution is -0.115. The van der Waals surface area contributed by atoms with Gasteiger partial charge in [-0.25, -0.2) is 0 Å². The monoisotopic (exact) mass is 319 g/mol. The first kappa shape index (κ1) is 17.2. The molecule has 1 amide bonds. The second-order valence-electron chi connectivity index (χ2n) is 6.77. The predicted molar refractivity (Wildman–Crippen MR) is 88.2 cm³/mol. The zero-order valence-corrected chi connectivity index (χ0v) is 14.3. The summed E-state index contributed by atoms with van der Waals surface area (Å²) >= 11 is 0. The van der Waals surface area contributed by atoms with Crippen LogP contribution in [0.3, 0.4) is 0 Å². The van der Waals surface area contributed by atoms with Crippen LogP contribution < -0.4 is 10.6 Å². The normalized spacial score (nSPS) is 14.5. The van der Waals surface area contributed by atoms with Crippen LogP contribution in [0.2, 0.25) is 0 Å². The Morgan fingerprint density at radius 2 is 2.13 bits per heavy atom. The summed E-state index contributed by atoms with van der Waals surface area (Å²) < 4.78 is 7.01. The second-order valence-corrected chi connectivity index (χ2v) is 6.77. The summed E-state index contributed by atoms with van der Waals surface area (Å²) in [4.78, 5) is 12.0. The molecule has 0 saturated heterocycles. The molecule has 0 radical (unpaired) electrons. The number of nitrogens with one attached hydrogen (secondary N) is 2. The van der Waals surface area contributed by atoms with Crippen molar-refractivity contribution in [3.63, 3.8) is 0 Å². The molecular weight excluding hydrogens is 294 g/mol. The molecule has 2 N–H and O–H groups in total. The van der Waals surface area contributed by atoms with Crippen LogP contribution in [0.4, 0.5) is 5.88 Å². The van der Waals surface area contributed by atoms with Crippen molar-refractivity contribution < 1.29 is 9.32 Å². The molecule has 2 rings (SSSR count). The average molecular weight is 319 g/mol. The molecule has 0 aliphatic heterocycles. The molecular formula is C16H25N5O2. The van der Waals surface area contributed by atoms with E-state index in [0.29, 0.717) is 5.88 Å². The van der Waals surface area contributed by atoms with Crippen molar-refractivity contribution in [3.05, 3.63) is 30.2 Å². The van der Waals surface area contributed by atoms with Crippen molar-refractivity contribution in [2.45, 2.75) is 52.1 Å². The third-order valence-corrected chi connectivity index (χ3v) is 3.79. The average Bonchev–Trinajstić information content (AvgIpc) is 3.14. The molecule has 0 spiro atoms. The van der Waals surface area contributed by atoms with Gasteiger partial charge in [0.1, 0.15) is 0 Å². The van der Waals surface area contributed by atoms with Crippen LogP contribution >= 0.6 is 0 Å². The van der Waals surface area contributed by atoms with Crippen LogP contribution in [0.15, 0.2) is 29.0 Å². The fourth-order valence-corrected chi connectivity index (χ4v) is 2.04.